The molecule has 1 saturated heterocycles. The van der Waals surface area contributed by atoms with Gasteiger partial charge in [-0.15, -0.1) is 0 Å². The van der Waals surface area contributed by atoms with E-state index in [1.54, 1.807) is 6.07 Å². The molecule has 2 aliphatic rings. The second-order valence-electron chi connectivity index (χ2n) is 7.08. The zero-order chi connectivity index (χ0) is 17.8. The molecular formula is C19H29N3O3. The normalized spacial score (nSPS) is 24.6. The molecule has 1 aromatic rings. The summed E-state index contributed by atoms with van der Waals surface area (Å²) in [5.41, 5.74) is 0.533. The largest absolute Gasteiger partial charge is 0.472 e. The van der Waals surface area contributed by atoms with Crippen LogP contribution in [0.25, 0.3) is 0 Å². The van der Waals surface area contributed by atoms with Gasteiger partial charge in [0.2, 0.25) is 5.91 Å². The molecule has 2 atom stereocenters. The average Bonchev–Trinajstić information content (AvgIpc) is 3.36. The van der Waals surface area contributed by atoms with E-state index in [2.05, 4.69) is 10.2 Å². The molecular weight excluding hydrogens is 318 g/mol. The first-order chi connectivity index (χ1) is 12.1. The van der Waals surface area contributed by atoms with Crippen LogP contribution >= 0.6 is 0 Å². The van der Waals surface area contributed by atoms with Crippen LogP contribution in [0.5, 0.6) is 0 Å². The summed E-state index contributed by atoms with van der Waals surface area (Å²) in [6.07, 6.45) is 8.43. The fourth-order valence-electron chi connectivity index (χ4n) is 4.26. The van der Waals surface area contributed by atoms with E-state index >= 15 is 0 Å². The number of nitrogens with zero attached hydrogens (tertiary/aromatic N) is 2. The summed E-state index contributed by atoms with van der Waals surface area (Å²) in [4.78, 5) is 29.6. The van der Waals surface area contributed by atoms with Crippen molar-refractivity contribution < 1.29 is 14.0 Å². The van der Waals surface area contributed by atoms with Crippen molar-refractivity contribution in [3.05, 3.63) is 24.2 Å². The molecule has 1 N–H and O–H groups in total. The molecule has 25 heavy (non-hydrogen) atoms. The lowest BCUT2D eigenvalue weighted by atomic mass is 10.1. The van der Waals surface area contributed by atoms with Crippen molar-refractivity contribution in [2.45, 2.75) is 64.1 Å². The molecule has 6 nitrogen and oxygen atoms in total. The van der Waals surface area contributed by atoms with E-state index in [0.29, 0.717) is 18.0 Å². The van der Waals surface area contributed by atoms with E-state index in [-0.39, 0.29) is 23.9 Å². The highest BCUT2D eigenvalue weighted by molar-refractivity contribution is 5.94. The predicted octanol–water partition coefficient (Wildman–Crippen LogP) is 2.26. The van der Waals surface area contributed by atoms with Gasteiger partial charge in [0.05, 0.1) is 17.9 Å². The fraction of sp³-hybridized carbons (Fsp3) is 0.684. The first-order valence-electron chi connectivity index (χ1n) is 9.51. The van der Waals surface area contributed by atoms with Gasteiger partial charge in [-0.25, -0.2) is 0 Å². The minimum atomic E-state index is -0.124. The van der Waals surface area contributed by atoms with E-state index in [4.69, 9.17) is 4.42 Å². The average molecular weight is 347 g/mol. The molecule has 1 saturated carbocycles. The topological polar surface area (TPSA) is 65.8 Å². The molecule has 0 radical (unpaired) electrons. The Hall–Kier alpha value is -1.82. The van der Waals surface area contributed by atoms with Crippen molar-refractivity contribution in [1.29, 1.82) is 0 Å². The molecule has 2 amide bonds. The summed E-state index contributed by atoms with van der Waals surface area (Å²) in [7, 11) is 0. The van der Waals surface area contributed by atoms with E-state index in [1.165, 1.54) is 25.4 Å². The van der Waals surface area contributed by atoms with Crippen molar-refractivity contribution in [2.75, 3.05) is 19.6 Å². The standard InChI is InChI=1S/C19H29N3O3/c1-3-21(4-2)19(24)17-11-15(12-22(17)16-7-5-6-8-16)20-18(23)14-9-10-25-13-14/h9-10,13,15-17H,3-8,11-12H2,1-2H3,(H,20,23)/t15-,17+/m1/s1. The van der Waals surface area contributed by atoms with Crippen molar-refractivity contribution in [3.63, 3.8) is 0 Å². The number of amides is 2. The third-order valence-electron chi connectivity index (χ3n) is 5.61. The number of furan rings is 1. The Balaban J connectivity index is 1.70. The first kappa shape index (κ1) is 18.0. The van der Waals surface area contributed by atoms with Gasteiger partial charge in [0, 0.05) is 31.7 Å². The molecule has 2 heterocycles. The Bertz CT molecular complexity index is 577. The van der Waals surface area contributed by atoms with Crippen LogP contribution in [0.2, 0.25) is 0 Å². The van der Waals surface area contributed by atoms with Crippen molar-refractivity contribution in [2.24, 2.45) is 0 Å². The lowest BCUT2D eigenvalue weighted by Crippen LogP contribution is -2.48. The Morgan fingerprint density at radius 2 is 2.00 bits per heavy atom. The SMILES string of the molecule is CCN(CC)C(=O)[C@@H]1C[C@@H](NC(=O)c2ccoc2)CN1C1CCCC1. The highest BCUT2D eigenvalue weighted by atomic mass is 16.3. The quantitative estimate of drug-likeness (QED) is 0.857. The van der Waals surface area contributed by atoms with Gasteiger partial charge >= 0.3 is 0 Å². The van der Waals surface area contributed by atoms with Gasteiger partial charge < -0.3 is 14.6 Å². The number of hydrogen-bond donors (Lipinski definition) is 1. The van der Waals surface area contributed by atoms with Crippen LogP contribution in [0, 0.1) is 0 Å². The fourth-order valence-corrected chi connectivity index (χ4v) is 4.26. The van der Waals surface area contributed by atoms with Gasteiger partial charge in [-0.2, -0.15) is 0 Å². The Morgan fingerprint density at radius 3 is 2.60 bits per heavy atom. The second kappa shape index (κ2) is 8.04. The molecule has 3 rings (SSSR count). The highest BCUT2D eigenvalue weighted by Crippen LogP contribution is 2.31. The van der Waals surface area contributed by atoms with Gasteiger partial charge in [0.1, 0.15) is 6.26 Å². The minimum Gasteiger partial charge on any atom is -0.472 e. The molecule has 0 spiro atoms. The van der Waals surface area contributed by atoms with E-state index in [0.717, 1.165) is 32.5 Å². The van der Waals surface area contributed by atoms with E-state index in [1.807, 2.05) is 18.7 Å². The Morgan fingerprint density at radius 1 is 1.28 bits per heavy atom. The third-order valence-corrected chi connectivity index (χ3v) is 5.61. The van der Waals surface area contributed by atoms with Crippen LogP contribution in [-0.2, 0) is 4.79 Å². The zero-order valence-electron chi connectivity index (χ0n) is 15.2. The third kappa shape index (κ3) is 3.89. The molecule has 1 aliphatic heterocycles. The number of nitrogens with one attached hydrogen (secondary N) is 1. The maximum absolute atomic E-state index is 13.0. The monoisotopic (exact) mass is 347 g/mol. The molecule has 6 heteroatoms. The number of rotatable bonds is 6. The molecule has 1 aromatic heterocycles. The first-order valence-corrected chi connectivity index (χ1v) is 9.51. The summed E-state index contributed by atoms with van der Waals surface area (Å²) in [6, 6.07) is 2.03. The molecule has 0 unspecified atom stereocenters. The predicted molar refractivity (Wildman–Crippen MR) is 95.3 cm³/mol. The Kier molecular flexibility index (Phi) is 5.78. The van der Waals surface area contributed by atoms with E-state index < -0.39 is 0 Å². The van der Waals surface area contributed by atoms with Crippen LogP contribution in [0.4, 0.5) is 0 Å². The summed E-state index contributed by atoms with van der Waals surface area (Å²) >= 11 is 0. The van der Waals surface area contributed by atoms with Gasteiger partial charge in [0.15, 0.2) is 0 Å². The summed E-state index contributed by atoms with van der Waals surface area (Å²) in [5, 5.41) is 3.08. The van der Waals surface area contributed by atoms with Crippen molar-refractivity contribution >= 4 is 11.8 Å². The van der Waals surface area contributed by atoms with Crippen molar-refractivity contribution in [1.82, 2.24) is 15.1 Å². The highest BCUT2D eigenvalue weighted by Gasteiger charge is 2.42. The van der Waals surface area contributed by atoms with Crippen LogP contribution < -0.4 is 5.32 Å². The van der Waals surface area contributed by atoms with Crippen molar-refractivity contribution in [3.8, 4) is 0 Å². The van der Waals surface area contributed by atoms with Crippen LogP contribution in [0.3, 0.4) is 0 Å². The maximum atomic E-state index is 13.0. The number of likely N-dealkylation sites (N-methyl/N-ethyl adjacent to an activating group) is 1. The van der Waals surface area contributed by atoms with Gasteiger partial charge in [-0.3, -0.25) is 14.5 Å². The van der Waals surface area contributed by atoms with Crippen LogP contribution in [-0.4, -0.2) is 59.4 Å². The van der Waals surface area contributed by atoms with Gasteiger partial charge in [0.25, 0.3) is 5.91 Å². The molecule has 0 aromatic carbocycles. The van der Waals surface area contributed by atoms with Gasteiger partial charge in [-0.05, 0) is 39.2 Å². The molecule has 2 fully saturated rings. The molecule has 0 bridgehead atoms. The summed E-state index contributed by atoms with van der Waals surface area (Å²) in [6.45, 7) is 6.27. The lowest BCUT2D eigenvalue weighted by Gasteiger charge is -2.32. The minimum absolute atomic E-state index is 0.00696. The summed E-state index contributed by atoms with van der Waals surface area (Å²) in [5.74, 6) is 0.0815. The molecule has 138 valence electrons. The number of carbonyl (C=O) groups is 2. The number of likely N-dealkylation sites (tertiary alicyclic amines) is 1. The Labute approximate surface area is 149 Å². The number of hydrogen-bond acceptors (Lipinski definition) is 4. The second-order valence-corrected chi connectivity index (χ2v) is 7.08. The zero-order valence-corrected chi connectivity index (χ0v) is 15.2. The van der Waals surface area contributed by atoms with Gasteiger partial charge in [-0.1, -0.05) is 12.8 Å². The van der Waals surface area contributed by atoms with Crippen LogP contribution in [0.1, 0.15) is 56.3 Å². The summed E-state index contributed by atoms with van der Waals surface area (Å²) < 4.78 is 4.99. The van der Waals surface area contributed by atoms with Crippen LogP contribution in [0.15, 0.2) is 23.0 Å². The smallest absolute Gasteiger partial charge is 0.254 e. The number of carbonyl (C=O) groups excluding carboxylic acids is 2. The maximum Gasteiger partial charge on any atom is 0.254 e. The lowest BCUT2D eigenvalue weighted by molar-refractivity contribution is -0.136. The molecule has 1 aliphatic carbocycles. The van der Waals surface area contributed by atoms with E-state index in [9.17, 15) is 9.59 Å².